The average Bonchev–Trinajstić information content (AvgIpc) is 3.47. The zero-order chi connectivity index (χ0) is 24.2. The van der Waals surface area contributed by atoms with E-state index in [4.69, 9.17) is 11.6 Å². The Bertz CT molecular complexity index is 1300. The number of anilines is 2. The average molecular weight is 494 g/mol. The predicted octanol–water partition coefficient (Wildman–Crippen LogP) is 3.93. The van der Waals surface area contributed by atoms with E-state index in [-0.39, 0.29) is 16.3 Å². The molecule has 6 nitrogen and oxygen atoms in total. The third-order valence-corrected chi connectivity index (χ3v) is 7.79. The second kappa shape index (κ2) is 6.79. The SMILES string of the molecule is O=C1[C@H]2[C@@H](C(=O)N1c1cc(C(F)(F)F)ccc1Cl)[C@@]1(C(=O)Nc3ccc(F)cc31)N1CCC[C@@H]21. The van der Waals surface area contributed by atoms with Gasteiger partial charge in [0.1, 0.15) is 11.4 Å². The van der Waals surface area contributed by atoms with Crippen LogP contribution in [-0.2, 0) is 26.1 Å². The minimum atomic E-state index is -4.72. The minimum absolute atomic E-state index is 0.200. The third-order valence-electron chi connectivity index (χ3n) is 7.47. The number of alkyl halides is 3. The number of carbonyl (C=O) groups is 3. The number of nitrogens with zero attached hydrogens (tertiary/aromatic N) is 2. The maximum absolute atomic E-state index is 14.3. The van der Waals surface area contributed by atoms with Crippen molar-refractivity contribution in [3.63, 3.8) is 0 Å². The highest BCUT2D eigenvalue weighted by molar-refractivity contribution is 6.36. The lowest BCUT2D eigenvalue weighted by molar-refractivity contribution is -0.137. The Kier molecular flexibility index (Phi) is 4.30. The van der Waals surface area contributed by atoms with E-state index in [9.17, 15) is 31.9 Å². The molecule has 3 amide bonds. The molecule has 4 heterocycles. The number of carbonyl (C=O) groups excluding carboxylic acids is 3. The van der Waals surface area contributed by atoms with Crippen molar-refractivity contribution in [2.75, 3.05) is 16.8 Å². The number of halogens is 5. The van der Waals surface area contributed by atoms with Gasteiger partial charge in [0, 0.05) is 17.3 Å². The lowest BCUT2D eigenvalue weighted by Gasteiger charge is -2.36. The van der Waals surface area contributed by atoms with E-state index in [1.54, 1.807) is 4.90 Å². The van der Waals surface area contributed by atoms with E-state index in [0.717, 1.165) is 12.1 Å². The molecule has 2 aromatic rings. The van der Waals surface area contributed by atoms with Crippen LogP contribution in [0, 0.1) is 17.7 Å². The van der Waals surface area contributed by atoms with Crippen LogP contribution in [0.15, 0.2) is 36.4 Å². The van der Waals surface area contributed by atoms with Crippen LogP contribution in [0.2, 0.25) is 5.02 Å². The highest BCUT2D eigenvalue weighted by atomic mass is 35.5. The van der Waals surface area contributed by atoms with E-state index in [1.807, 2.05) is 0 Å². The summed E-state index contributed by atoms with van der Waals surface area (Å²) in [5.74, 6) is -4.88. The molecule has 34 heavy (non-hydrogen) atoms. The van der Waals surface area contributed by atoms with Crippen molar-refractivity contribution in [1.29, 1.82) is 0 Å². The molecule has 1 spiro atoms. The van der Waals surface area contributed by atoms with Gasteiger partial charge in [0.25, 0.3) is 0 Å². The number of rotatable bonds is 1. The van der Waals surface area contributed by atoms with E-state index in [0.29, 0.717) is 36.0 Å². The number of benzene rings is 2. The molecule has 11 heteroatoms. The molecule has 4 atom stereocenters. The van der Waals surface area contributed by atoms with E-state index in [2.05, 4.69) is 5.32 Å². The van der Waals surface area contributed by atoms with Crippen molar-refractivity contribution < 1.29 is 31.9 Å². The van der Waals surface area contributed by atoms with Gasteiger partial charge in [0.05, 0.1) is 28.1 Å². The van der Waals surface area contributed by atoms with Crippen LogP contribution in [0.5, 0.6) is 0 Å². The molecule has 0 saturated carbocycles. The van der Waals surface area contributed by atoms with Crippen LogP contribution in [0.1, 0.15) is 24.0 Å². The Balaban J connectivity index is 1.54. The molecule has 4 aliphatic heterocycles. The first-order chi connectivity index (χ1) is 16.1. The molecule has 0 radical (unpaired) electrons. The summed E-state index contributed by atoms with van der Waals surface area (Å²) in [6, 6.07) is 5.70. The molecule has 6 rings (SSSR count). The molecule has 0 unspecified atom stereocenters. The van der Waals surface area contributed by atoms with E-state index < -0.39 is 58.7 Å². The van der Waals surface area contributed by atoms with Crippen LogP contribution >= 0.6 is 11.6 Å². The van der Waals surface area contributed by atoms with Gasteiger partial charge in [-0.25, -0.2) is 9.29 Å². The van der Waals surface area contributed by atoms with Crippen molar-refractivity contribution in [3.05, 3.63) is 58.4 Å². The molecule has 0 aromatic heterocycles. The summed E-state index contributed by atoms with van der Waals surface area (Å²) >= 11 is 6.15. The largest absolute Gasteiger partial charge is 0.416 e. The Labute approximate surface area is 195 Å². The summed E-state index contributed by atoms with van der Waals surface area (Å²) in [7, 11) is 0. The molecule has 3 fully saturated rings. The first-order valence-electron chi connectivity index (χ1n) is 10.7. The van der Waals surface area contributed by atoms with Crippen molar-refractivity contribution in [2.45, 2.75) is 30.6 Å². The molecule has 0 aliphatic carbocycles. The number of hydrogen-bond donors (Lipinski definition) is 1. The molecule has 1 N–H and O–H groups in total. The summed E-state index contributed by atoms with van der Waals surface area (Å²) in [6.07, 6.45) is -3.55. The Morgan fingerprint density at radius 2 is 1.82 bits per heavy atom. The maximum atomic E-state index is 14.3. The van der Waals surface area contributed by atoms with Crippen LogP contribution in [0.25, 0.3) is 0 Å². The molecule has 3 saturated heterocycles. The van der Waals surface area contributed by atoms with Crippen molar-refractivity contribution >= 4 is 40.7 Å². The summed E-state index contributed by atoms with van der Waals surface area (Å²) in [5.41, 5.74) is -2.46. The Morgan fingerprint density at radius 3 is 2.56 bits per heavy atom. The fourth-order valence-corrected chi connectivity index (χ4v) is 6.48. The topological polar surface area (TPSA) is 69.7 Å². The first-order valence-corrected chi connectivity index (χ1v) is 11.1. The minimum Gasteiger partial charge on any atom is -0.324 e. The summed E-state index contributed by atoms with van der Waals surface area (Å²) in [4.78, 5) is 43.4. The summed E-state index contributed by atoms with van der Waals surface area (Å²) in [6.45, 7) is 0.423. The van der Waals surface area contributed by atoms with Crippen molar-refractivity contribution in [1.82, 2.24) is 4.90 Å². The summed E-state index contributed by atoms with van der Waals surface area (Å²) < 4.78 is 54.4. The summed E-state index contributed by atoms with van der Waals surface area (Å²) in [5, 5.41) is 2.51. The van der Waals surface area contributed by atoms with E-state index >= 15 is 0 Å². The van der Waals surface area contributed by atoms with Crippen LogP contribution in [0.4, 0.5) is 28.9 Å². The van der Waals surface area contributed by atoms with Gasteiger partial charge in [-0.2, -0.15) is 13.2 Å². The number of imide groups is 1. The molecular formula is C23H16ClF4N3O3. The normalized spacial score (nSPS) is 30.2. The zero-order valence-electron chi connectivity index (χ0n) is 17.3. The monoisotopic (exact) mass is 493 g/mol. The smallest absolute Gasteiger partial charge is 0.324 e. The van der Waals surface area contributed by atoms with Gasteiger partial charge in [-0.05, 0) is 55.8 Å². The molecule has 176 valence electrons. The standard InChI is InChI=1S/C23H16ClF4N3O3/c24-13-5-3-10(23(26,27)28)8-16(13)31-19(32)17-15-2-1-7-30(15)22(18(17)20(31)33)12-9-11(25)4-6-14(12)29-21(22)34/h3-6,8-9,15,17-18H,1-2,7H2,(H,29,34)/t15-,17+,18-,22-/m0/s1. The van der Waals surface area contributed by atoms with E-state index in [1.165, 1.54) is 18.2 Å². The lowest BCUT2D eigenvalue weighted by atomic mass is 9.75. The fourth-order valence-electron chi connectivity index (χ4n) is 6.27. The van der Waals surface area contributed by atoms with Gasteiger partial charge in [-0.15, -0.1) is 0 Å². The van der Waals surface area contributed by atoms with Crippen LogP contribution in [0.3, 0.4) is 0 Å². The van der Waals surface area contributed by atoms with Gasteiger partial charge in [-0.3, -0.25) is 19.3 Å². The van der Waals surface area contributed by atoms with Gasteiger partial charge in [0.2, 0.25) is 17.7 Å². The number of hydrogen-bond acceptors (Lipinski definition) is 4. The Morgan fingerprint density at radius 1 is 1.06 bits per heavy atom. The number of amides is 3. The maximum Gasteiger partial charge on any atom is 0.416 e. The van der Waals surface area contributed by atoms with Crippen molar-refractivity contribution in [2.24, 2.45) is 11.8 Å². The highest BCUT2D eigenvalue weighted by Gasteiger charge is 2.74. The number of nitrogens with one attached hydrogen (secondary N) is 1. The highest BCUT2D eigenvalue weighted by Crippen LogP contribution is 2.61. The predicted molar refractivity (Wildman–Crippen MR) is 112 cm³/mol. The molecule has 4 aliphatic rings. The fraction of sp³-hybridized carbons (Fsp3) is 0.348. The lowest BCUT2D eigenvalue weighted by Crippen LogP contribution is -2.54. The van der Waals surface area contributed by atoms with Crippen LogP contribution < -0.4 is 10.2 Å². The first kappa shape index (κ1) is 21.5. The molecule has 0 bridgehead atoms. The molecular weight excluding hydrogens is 478 g/mol. The van der Waals surface area contributed by atoms with Gasteiger partial charge >= 0.3 is 6.18 Å². The van der Waals surface area contributed by atoms with Gasteiger partial charge in [-0.1, -0.05) is 11.6 Å². The van der Waals surface area contributed by atoms with Gasteiger partial charge < -0.3 is 5.32 Å². The second-order valence-corrected chi connectivity index (χ2v) is 9.40. The Hall–Kier alpha value is -2.98. The quantitative estimate of drug-likeness (QED) is 0.483. The van der Waals surface area contributed by atoms with Gasteiger partial charge in [0.15, 0.2) is 0 Å². The zero-order valence-corrected chi connectivity index (χ0v) is 18.1. The second-order valence-electron chi connectivity index (χ2n) is 8.99. The van der Waals surface area contributed by atoms with Crippen molar-refractivity contribution in [3.8, 4) is 0 Å². The molecule has 2 aromatic carbocycles. The number of fused-ring (bicyclic) bond motifs is 7. The third kappa shape index (κ3) is 2.52. The van der Waals surface area contributed by atoms with Crippen LogP contribution in [-0.4, -0.2) is 35.2 Å².